The zero-order chi connectivity index (χ0) is 15.7. The van der Waals surface area contributed by atoms with E-state index >= 15 is 0 Å². The monoisotopic (exact) mass is 318 g/mol. The van der Waals surface area contributed by atoms with Gasteiger partial charge in [-0.25, -0.2) is 0 Å². The van der Waals surface area contributed by atoms with Crippen LogP contribution in [0.1, 0.15) is 19.4 Å². The van der Waals surface area contributed by atoms with Crippen molar-refractivity contribution in [3.05, 3.63) is 34.7 Å². The molecule has 0 aliphatic carbocycles. The second-order valence-electron chi connectivity index (χ2n) is 5.57. The number of hydrogen-bond donors (Lipinski definition) is 1. The average molecular weight is 318 g/mol. The number of rotatable bonds is 1. The molecule has 0 unspecified atom stereocenters. The number of amides is 1. The topological polar surface area (TPSA) is 62.1 Å². The van der Waals surface area contributed by atoms with Crippen LogP contribution in [0.3, 0.4) is 0 Å². The summed E-state index contributed by atoms with van der Waals surface area (Å²) in [4.78, 5) is 18.9. The lowest BCUT2D eigenvalue weighted by Crippen LogP contribution is -2.47. The molecule has 2 atom stereocenters. The van der Waals surface area contributed by atoms with Crippen molar-refractivity contribution in [2.75, 3.05) is 13.1 Å². The van der Waals surface area contributed by atoms with Crippen LogP contribution in [0.2, 0.25) is 0 Å². The molecule has 2 heterocycles. The van der Waals surface area contributed by atoms with E-state index in [0.717, 1.165) is 23.8 Å². The number of aliphatic imine (C=N–C) groups is 1. The summed E-state index contributed by atoms with van der Waals surface area (Å²) in [7, 11) is 0. The van der Waals surface area contributed by atoms with Crippen LogP contribution < -0.4 is 0 Å². The van der Waals surface area contributed by atoms with Crippen LogP contribution in [0, 0.1) is 0 Å². The number of nitrogens with zero attached hydrogens (tertiary/aromatic N) is 2. The molecule has 116 valence electrons. The molecule has 22 heavy (non-hydrogen) atoms. The van der Waals surface area contributed by atoms with Crippen LogP contribution in [-0.2, 0) is 9.53 Å². The molecule has 3 rings (SSSR count). The standard InChI is InChI=1S/C16H18N2O3S/c1-10-8-18(9-11(2)21-10)16-17-15(20)14(22-16)7-12-4-3-5-13(19)6-12/h3-7,10-11,19H,8-9H2,1-2H3/b14-7-/t10-,11-/m1/s1. The SMILES string of the molecule is C[C@@H]1CN(C2=NC(=O)/C(=C/c3cccc(O)c3)S2)C[C@@H](C)O1. The van der Waals surface area contributed by atoms with Crippen LogP contribution >= 0.6 is 11.8 Å². The second kappa shape index (κ2) is 6.14. The van der Waals surface area contributed by atoms with Crippen molar-refractivity contribution in [3.8, 4) is 5.75 Å². The Labute approximate surface area is 133 Å². The lowest BCUT2D eigenvalue weighted by Gasteiger charge is -2.35. The van der Waals surface area contributed by atoms with Gasteiger partial charge in [0.25, 0.3) is 5.91 Å². The van der Waals surface area contributed by atoms with Gasteiger partial charge in [-0.05, 0) is 49.4 Å². The Morgan fingerprint density at radius 3 is 2.77 bits per heavy atom. The first-order valence-electron chi connectivity index (χ1n) is 7.23. The number of aromatic hydroxyl groups is 1. The van der Waals surface area contributed by atoms with E-state index in [4.69, 9.17) is 4.74 Å². The Hall–Kier alpha value is -1.79. The highest BCUT2D eigenvalue weighted by Gasteiger charge is 2.30. The third kappa shape index (κ3) is 3.34. The van der Waals surface area contributed by atoms with Crippen molar-refractivity contribution < 1.29 is 14.6 Å². The van der Waals surface area contributed by atoms with Gasteiger partial charge in [0.05, 0.1) is 17.1 Å². The van der Waals surface area contributed by atoms with Crippen LogP contribution in [0.5, 0.6) is 5.75 Å². The number of amidine groups is 1. The van der Waals surface area contributed by atoms with E-state index in [9.17, 15) is 9.90 Å². The first kappa shape index (κ1) is 15.1. The van der Waals surface area contributed by atoms with Crippen molar-refractivity contribution in [1.82, 2.24) is 4.90 Å². The van der Waals surface area contributed by atoms with Gasteiger partial charge in [0.2, 0.25) is 0 Å². The van der Waals surface area contributed by atoms with Gasteiger partial charge in [-0.2, -0.15) is 4.99 Å². The van der Waals surface area contributed by atoms with E-state index < -0.39 is 0 Å². The molecule has 0 aromatic heterocycles. The molecule has 0 bridgehead atoms. The molecule has 0 radical (unpaired) electrons. The van der Waals surface area contributed by atoms with Crippen LogP contribution in [0.25, 0.3) is 6.08 Å². The normalized spacial score (nSPS) is 27.4. The fourth-order valence-electron chi connectivity index (χ4n) is 2.63. The maximum atomic E-state index is 12.1. The van der Waals surface area contributed by atoms with Gasteiger partial charge >= 0.3 is 0 Å². The van der Waals surface area contributed by atoms with Gasteiger partial charge in [-0.1, -0.05) is 12.1 Å². The van der Waals surface area contributed by atoms with Crippen molar-refractivity contribution in [1.29, 1.82) is 0 Å². The van der Waals surface area contributed by atoms with Crippen molar-refractivity contribution in [2.45, 2.75) is 26.1 Å². The first-order chi connectivity index (χ1) is 10.5. The van der Waals surface area contributed by atoms with Crippen LogP contribution in [0.4, 0.5) is 0 Å². The maximum Gasteiger partial charge on any atom is 0.286 e. The molecular formula is C16H18N2O3S. The van der Waals surface area contributed by atoms with E-state index in [1.807, 2.05) is 19.9 Å². The minimum Gasteiger partial charge on any atom is -0.508 e. The van der Waals surface area contributed by atoms with Crippen molar-refractivity contribution in [3.63, 3.8) is 0 Å². The van der Waals surface area contributed by atoms with Gasteiger partial charge in [0.1, 0.15) is 5.75 Å². The molecule has 1 aromatic rings. The molecule has 5 nitrogen and oxygen atoms in total. The Morgan fingerprint density at radius 1 is 1.36 bits per heavy atom. The lowest BCUT2D eigenvalue weighted by atomic mass is 10.2. The van der Waals surface area contributed by atoms with Gasteiger partial charge in [-0.15, -0.1) is 0 Å². The molecule has 1 fully saturated rings. The number of phenols is 1. The van der Waals surface area contributed by atoms with E-state index in [1.165, 1.54) is 11.8 Å². The maximum absolute atomic E-state index is 12.1. The number of ether oxygens (including phenoxy) is 1. The fraction of sp³-hybridized carbons (Fsp3) is 0.375. The second-order valence-corrected chi connectivity index (χ2v) is 6.58. The molecule has 1 N–H and O–H groups in total. The molecule has 1 amide bonds. The Kier molecular flexibility index (Phi) is 4.22. The highest BCUT2D eigenvalue weighted by atomic mass is 32.2. The number of phenolic OH excluding ortho intramolecular Hbond substituents is 1. The molecule has 0 saturated carbocycles. The van der Waals surface area contributed by atoms with Gasteiger partial charge in [0, 0.05) is 13.1 Å². The largest absolute Gasteiger partial charge is 0.508 e. The predicted octanol–water partition coefficient (Wildman–Crippen LogP) is 2.47. The minimum atomic E-state index is -0.227. The molecule has 2 aliphatic heterocycles. The summed E-state index contributed by atoms with van der Waals surface area (Å²) in [6.07, 6.45) is 2.01. The van der Waals surface area contributed by atoms with Gasteiger partial charge in [0.15, 0.2) is 5.17 Å². The van der Waals surface area contributed by atoms with Crippen molar-refractivity contribution in [2.24, 2.45) is 4.99 Å². The summed E-state index contributed by atoms with van der Waals surface area (Å²) in [5.41, 5.74) is 0.788. The first-order valence-corrected chi connectivity index (χ1v) is 8.05. The summed E-state index contributed by atoms with van der Waals surface area (Å²) >= 11 is 1.38. The Bertz CT molecular complexity index is 647. The fourth-order valence-corrected chi connectivity index (χ4v) is 3.56. The van der Waals surface area contributed by atoms with E-state index in [1.54, 1.807) is 24.3 Å². The van der Waals surface area contributed by atoms with Gasteiger partial charge in [-0.3, -0.25) is 4.79 Å². The third-order valence-corrected chi connectivity index (χ3v) is 4.51. The molecule has 1 aromatic carbocycles. The predicted molar refractivity (Wildman–Crippen MR) is 87.7 cm³/mol. The van der Waals surface area contributed by atoms with Crippen LogP contribution in [0.15, 0.2) is 34.2 Å². The summed E-state index contributed by atoms with van der Waals surface area (Å²) < 4.78 is 5.71. The molecular weight excluding hydrogens is 300 g/mol. The molecule has 6 heteroatoms. The highest BCUT2D eigenvalue weighted by Crippen LogP contribution is 2.31. The summed E-state index contributed by atoms with van der Waals surface area (Å²) in [5.74, 6) is -0.0445. The van der Waals surface area contributed by atoms with E-state index in [-0.39, 0.29) is 23.9 Å². The Balaban J connectivity index is 1.76. The number of hydrogen-bond acceptors (Lipinski definition) is 5. The summed E-state index contributed by atoms with van der Waals surface area (Å²) in [6, 6.07) is 6.82. The van der Waals surface area contributed by atoms with Crippen molar-refractivity contribution >= 4 is 28.9 Å². The van der Waals surface area contributed by atoms with Gasteiger partial charge < -0.3 is 14.7 Å². The quantitative estimate of drug-likeness (QED) is 0.806. The molecule has 0 spiro atoms. The lowest BCUT2D eigenvalue weighted by molar-refractivity contribution is -0.113. The summed E-state index contributed by atoms with van der Waals surface area (Å²) in [5, 5.41) is 10.2. The Morgan fingerprint density at radius 2 is 2.09 bits per heavy atom. The van der Waals surface area contributed by atoms with E-state index in [2.05, 4.69) is 9.89 Å². The third-order valence-electron chi connectivity index (χ3n) is 3.47. The average Bonchev–Trinajstić information content (AvgIpc) is 2.79. The van der Waals surface area contributed by atoms with E-state index in [0.29, 0.717) is 4.91 Å². The number of carbonyl (C=O) groups excluding carboxylic acids is 1. The summed E-state index contributed by atoms with van der Waals surface area (Å²) in [6.45, 7) is 5.52. The number of carbonyl (C=O) groups is 1. The number of benzene rings is 1. The minimum absolute atomic E-state index is 0.126. The number of morpholine rings is 1. The zero-order valence-corrected chi connectivity index (χ0v) is 13.3. The highest BCUT2D eigenvalue weighted by molar-refractivity contribution is 8.18. The van der Waals surface area contributed by atoms with Crippen LogP contribution in [-0.4, -0.2) is 46.4 Å². The number of thioether (sulfide) groups is 1. The zero-order valence-electron chi connectivity index (χ0n) is 12.5. The molecule has 2 aliphatic rings. The molecule has 1 saturated heterocycles. The smallest absolute Gasteiger partial charge is 0.286 e.